The quantitative estimate of drug-likeness (QED) is 0.189. The van der Waals surface area contributed by atoms with Crippen molar-refractivity contribution in [2.24, 2.45) is 12.8 Å². The molecule has 10 heteroatoms. The molecule has 3 aromatic heterocycles. The van der Waals surface area contributed by atoms with Gasteiger partial charge in [-0.3, -0.25) is 14.6 Å². The van der Waals surface area contributed by atoms with Gasteiger partial charge < -0.3 is 20.4 Å². The number of benzene rings is 2. The number of halogens is 1. The van der Waals surface area contributed by atoms with Crippen molar-refractivity contribution in [1.29, 1.82) is 0 Å². The molecule has 0 radical (unpaired) electrons. The van der Waals surface area contributed by atoms with Crippen LogP contribution in [-0.2, 0) is 31.2 Å². The number of carbonyl (C=O) groups excluding carboxylic acids is 2. The van der Waals surface area contributed by atoms with Crippen molar-refractivity contribution in [2.45, 2.75) is 32.7 Å². The van der Waals surface area contributed by atoms with E-state index in [1.54, 1.807) is 42.6 Å². The first kappa shape index (κ1) is 28.1. The highest BCUT2D eigenvalue weighted by atomic mass is 32.1. The van der Waals surface area contributed by atoms with E-state index in [4.69, 9.17) is 10.5 Å². The number of imidazole rings is 1. The Morgan fingerprint density at radius 3 is 2.61 bits per heavy atom. The van der Waals surface area contributed by atoms with E-state index in [0.717, 1.165) is 46.1 Å². The Hall–Kier alpha value is -4.41. The average molecular weight is 572 g/mol. The Bertz CT molecular complexity index is 1730. The second kappa shape index (κ2) is 12.4. The number of rotatable bonds is 12. The summed E-state index contributed by atoms with van der Waals surface area (Å²) in [5.41, 5.74) is 8.69. The van der Waals surface area contributed by atoms with Gasteiger partial charge in [-0.1, -0.05) is 25.1 Å². The van der Waals surface area contributed by atoms with Crippen LogP contribution in [0.5, 0.6) is 11.5 Å². The predicted octanol–water partition coefficient (Wildman–Crippen LogP) is 5.58. The van der Waals surface area contributed by atoms with Crippen LogP contribution in [0, 0.1) is 5.82 Å². The zero-order valence-electron chi connectivity index (χ0n) is 22.8. The lowest BCUT2D eigenvalue weighted by molar-refractivity contribution is -0.117. The van der Waals surface area contributed by atoms with Crippen LogP contribution in [0.3, 0.4) is 0 Å². The molecule has 0 spiro atoms. The standard InChI is InChI=1S/C31H30FN5O3S/c1-3-10-34-17-22-18-36-31(37(22)2)28-16-25-29(41-28)27(9-11-35-25)40-26-8-7-20(15-24(26)32)14-23(38)13-19-5-4-6-21(12-19)30(33)39/h4-9,11-12,15-16,18,34H,3,10,13-14,17H2,1-2H3,(H2,33,39). The predicted molar refractivity (Wildman–Crippen MR) is 158 cm³/mol. The summed E-state index contributed by atoms with van der Waals surface area (Å²) >= 11 is 1.49. The van der Waals surface area contributed by atoms with Crippen LogP contribution in [0.1, 0.15) is 40.5 Å². The molecule has 0 saturated carbocycles. The number of ether oxygens (including phenoxy) is 1. The van der Waals surface area contributed by atoms with Crippen LogP contribution in [0.2, 0.25) is 0 Å². The highest BCUT2D eigenvalue weighted by Gasteiger charge is 2.17. The van der Waals surface area contributed by atoms with Crippen LogP contribution < -0.4 is 15.8 Å². The smallest absolute Gasteiger partial charge is 0.248 e. The number of fused-ring (bicyclic) bond motifs is 1. The zero-order valence-corrected chi connectivity index (χ0v) is 23.6. The number of primary amides is 1. The molecule has 0 bridgehead atoms. The van der Waals surface area contributed by atoms with E-state index in [-0.39, 0.29) is 24.4 Å². The summed E-state index contributed by atoms with van der Waals surface area (Å²) in [7, 11) is 1.99. The molecular weight excluding hydrogens is 541 g/mol. The third kappa shape index (κ3) is 6.50. The van der Waals surface area contributed by atoms with Crippen molar-refractivity contribution in [1.82, 2.24) is 19.9 Å². The Morgan fingerprint density at radius 2 is 1.85 bits per heavy atom. The molecule has 3 N–H and O–H groups in total. The molecule has 2 aromatic carbocycles. The summed E-state index contributed by atoms with van der Waals surface area (Å²) in [6.45, 7) is 3.80. The molecule has 41 heavy (non-hydrogen) atoms. The number of nitrogens with zero attached hydrogens (tertiary/aromatic N) is 3. The normalized spacial score (nSPS) is 11.2. The maximum Gasteiger partial charge on any atom is 0.248 e. The summed E-state index contributed by atoms with van der Waals surface area (Å²) in [6.07, 6.45) is 4.72. The maximum absolute atomic E-state index is 15.1. The van der Waals surface area contributed by atoms with Crippen LogP contribution in [-0.4, -0.2) is 32.8 Å². The molecule has 1 amide bonds. The van der Waals surface area contributed by atoms with E-state index < -0.39 is 11.7 Å². The van der Waals surface area contributed by atoms with Crippen molar-refractivity contribution in [3.05, 3.63) is 95.2 Å². The minimum Gasteiger partial charge on any atom is -0.453 e. The first-order valence-electron chi connectivity index (χ1n) is 13.3. The molecule has 3 heterocycles. The summed E-state index contributed by atoms with van der Waals surface area (Å²) < 4.78 is 23.9. The summed E-state index contributed by atoms with van der Waals surface area (Å²) in [4.78, 5) is 34.0. The molecule has 0 atom stereocenters. The molecule has 0 aliphatic heterocycles. The van der Waals surface area contributed by atoms with Crippen LogP contribution in [0.15, 0.2) is 67.0 Å². The van der Waals surface area contributed by atoms with Gasteiger partial charge in [0.05, 0.1) is 27.0 Å². The second-order valence-electron chi connectivity index (χ2n) is 9.77. The van der Waals surface area contributed by atoms with Gasteiger partial charge in [0.2, 0.25) is 5.91 Å². The Labute approximate surface area is 241 Å². The van der Waals surface area contributed by atoms with E-state index in [1.165, 1.54) is 23.5 Å². The summed E-state index contributed by atoms with van der Waals surface area (Å²) in [6, 6.07) is 14.8. The SMILES string of the molecule is CCCNCc1cnc(-c2cc3nccc(Oc4ccc(CC(=O)Cc5cccc(C(N)=O)c5)cc4F)c3s2)n1C. The second-order valence-corrected chi connectivity index (χ2v) is 10.8. The van der Waals surface area contributed by atoms with Crippen molar-refractivity contribution in [3.8, 4) is 22.2 Å². The first-order valence-corrected chi connectivity index (χ1v) is 14.1. The molecule has 0 fully saturated rings. The minimum atomic E-state index is -0.568. The van der Waals surface area contributed by atoms with Gasteiger partial charge in [-0.15, -0.1) is 11.3 Å². The fourth-order valence-corrected chi connectivity index (χ4v) is 5.64. The van der Waals surface area contributed by atoms with E-state index in [2.05, 4.69) is 26.8 Å². The molecule has 0 unspecified atom stereocenters. The van der Waals surface area contributed by atoms with Gasteiger partial charge in [0, 0.05) is 44.3 Å². The van der Waals surface area contributed by atoms with Gasteiger partial charge in [-0.2, -0.15) is 0 Å². The third-order valence-corrected chi connectivity index (χ3v) is 7.78. The summed E-state index contributed by atoms with van der Waals surface area (Å²) in [5, 5.41) is 3.40. The summed E-state index contributed by atoms with van der Waals surface area (Å²) in [5.74, 6) is 0.139. The largest absolute Gasteiger partial charge is 0.453 e. The van der Waals surface area contributed by atoms with Crippen molar-refractivity contribution in [3.63, 3.8) is 0 Å². The molecule has 0 saturated heterocycles. The number of aromatic nitrogens is 3. The molecule has 0 aliphatic rings. The number of Topliss-reactive ketones (excluding diaryl/α,β-unsaturated/α-hetero) is 1. The Kier molecular flexibility index (Phi) is 8.51. The number of nitrogens with one attached hydrogen (secondary N) is 1. The number of pyridine rings is 1. The van der Waals surface area contributed by atoms with E-state index >= 15 is 4.39 Å². The number of amides is 1. The Balaban J connectivity index is 1.30. The molecule has 0 aliphatic carbocycles. The van der Waals surface area contributed by atoms with E-state index in [1.807, 2.05) is 19.3 Å². The molecular formula is C31H30FN5O3S. The lowest BCUT2D eigenvalue weighted by Crippen LogP contribution is -2.16. The van der Waals surface area contributed by atoms with Crippen LogP contribution in [0.4, 0.5) is 4.39 Å². The van der Waals surface area contributed by atoms with E-state index in [9.17, 15) is 9.59 Å². The highest BCUT2D eigenvalue weighted by Crippen LogP contribution is 2.39. The molecule has 5 aromatic rings. The fraction of sp³-hybridized carbons (Fsp3) is 0.226. The van der Waals surface area contributed by atoms with Crippen LogP contribution in [0.25, 0.3) is 20.9 Å². The van der Waals surface area contributed by atoms with Gasteiger partial charge in [-0.05, 0) is 54.4 Å². The third-order valence-electron chi connectivity index (χ3n) is 6.64. The number of thiophene rings is 1. The van der Waals surface area contributed by atoms with Gasteiger partial charge >= 0.3 is 0 Å². The number of hydrogen-bond acceptors (Lipinski definition) is 7. The van der Waals surface area contributed by atoms with Gasteiger partial charge in [0.25, 0.3) is 0 Å². The number of nitrogens with two attached hydrogens (primary N) is 1. The molecule has 8 nitrogen and oxygen atoms in total. The van der Waals surface area contributed by atoms with Crippen molar-refractivity contribution in [2.75, 3.05) is 6.54 Å². The highest BCUT2D eigenvalue weighted by molar-refractivity contribution is 7.22. The van der Waals surface area contributed by atoms with E-state index in [0.29, 0.717) is 22.4 Å². The molecule has 210 valence electrons. The Morgan fingerprint density at radius 1 is 1.05 bits per heavy atom. The lowest BCUT2D eigenvalue weighted by atomic mass is 10.0. The molecule has 5 rings (SSSR count). The van der Waals surface area contributed by atoms with Gasteiger partial charge in [0.15, 0.2) is 11.6 Å². The maximum atomic E-state index is 15.1. The fourth-order valence-electron chi connectivity index (χ4n) is 4.54. The average Bonchev–Trinajstić information content (AvgIpc) is 3.54. The first-order chi connectivity index (χ1) is 19.8. The number of carbonyl (C=O) groups is 2. The van der Waals surface area contributed by atoms with Crippen LogP contribution >= 0.6 is 11.3 Å². The van der Waals surface area contributed by atoms with Crippen molar-refractivity contribution >= 4 is 33.2 Å². The topological polar surface area (TPSA) is 112 Å². The van der Waals surface area contributed by atoms with Crippen molar-refractivity contribution < 1.29 is 18.7 Å². The lowest BCUT2D eigenvalue weighted by Gasteiger charge is -2.09. The monoisotopic (exact) mass is 571 g/mol. The number of hydrogen-bond donors (Lipinski definition) is 2. The minimum absolute atomic E-state index is 0.0470. The zero-order chi connectivity index (χ0) is 28.9. The van der Waals surface area contributed by atoms with Gasteiger partial charge in [0.1, 0.15) is 17.4 Å². The number of ketones is 1. The van der Waals surface area contributed by atoms with Gasteiger partial charge in [-0.25, -0.2) is 9.37 Å².